The number of carbonyl (C=O) groups excluding carboxylic acids is 2. The summed E-state index contributed by atoms with van der Waals surface area (Å²) in [5.74, 6) is -0.365. The average Bonchev–Trinajstić information content (AvgIpc) is 2.85. The van der Waals surface area contributed by atoms with Crippen LogP contribution in [0.3, 0.4) is 0 Å². The van der Waals surface area contributed by atoms with Gasteiger partial charge in [0.2, 0.25) is 5.91 Å². The molecule has 0 aliphatic carbocycles. The Kier molecular flexibility index (Phi) is 6.28. The lowest BCUT2D eigenvalue weighted by molar-refractivity contribution is -0.139. The molecule has 2 aromatic rings. The SMILES string of the molecule is O=C1CO[C@H]2CCN(C(=O)N3CCN(C(c4ccccc4)c4ccc(F)cc4)CC3)C[C@H]2N1. The van der Waals surface area contributed by atoms with Gasteiger partial charge in [-0.15, -0.1) is 0 Å². The van der Waals surface area contributed by atoms with Gasteiger partial charge < -0.3 is 19.9 Å². The number of amides is 3. The number of nitrogens with zero attached hydrogens (tertiary/aromatic N) is 3. The van der Waals surface area contributed by atoms with E-state index in [-0.39, 0.29) is 42.6 Å². The van der Waals surface area contributed by atoms with E-state index in [1.54, 1.807) is 0 Å². The molecule has 0 spiro atoms. The molecule has 3 aliphatic heterocycles. The van der Waals surface area contributed by atoms with Crippen LogP contribution < -0.4 is 5.32 Å². The first-order valence-corrected chi connectivity index (χ1v) is 11.6. The maximum atomic E-state index is 13.5. The normalized spacial score (nSPS) is 24.7. The first-order chi connectivity index (χ1) is 16.1. The predicted octanol–water partition coefficient (Wildman–Crippen LogP) is 2.24. The summed E-state index contributed by atoms with van der Waals surface area (Å²) in [5.41, 5.74) is 2.19. The van der Waals surface area contributed by atoms with E-state index in [2.05, 4.69) is 22.3 Å². The van der Waals surface area contributed by atoms with Crippen LogP contribution in [0, 0.1) is 5.82 Å². The molecule has 3 heterocycles. The minimum atomic E-state index is -0.246. The number of piperidine rings is 1. The van der Waals surface area contributed by atoms with Crippen molar-refractivity contribution in [3.8, 4) is 0 Å². The molecule has 0 radical (unpaired) electrons. The molecule has 0 bridgehead atoms. The number of nitrogens with one attached hydrogen (secondary N) is 1. The number of urea groups is 1. The Hall–Kier alpha value is -2.97. The lowest BCUT2D eigenvalue weighted by Crippen LogP contribution is -2.63. The Morgan fingerprint density at radius 2 is 1.64 bits per heavy atom. The van der Waals surface area contributed by atoms with Crippen LogP contribution in [0.5, 0.6) is 0 Å². The number of benzene rings is 2. The molecule has 3 saturated heterocycles. The lowest BCUT2D eigenvalue weighted by Gasteiger charge is -2.44. The van der Waals surface area contributed by atoms with Crippen LogP contribution >= 0.6 is 0 Å². The Labute approximate surface area is 193 Å². The molecule has 3 amide bonds. The second kappa shape index (κ2) is 9.49. The van der Waals surface area contributed by atoms with Crippen molar-refractivity contribution in [1.29, 1.82) is 0 Å². The van der Waals surface area contributed by atoms with Gasteiger partial charge in [-0.1, -0.05) is 42.5 Å². The van der Waals surface area contributed by atoms with Crippen LogP contribution in [0.25, 0.3) is 0 Å². The third kappa shape index (κ3) is 4.72. The average molecular weight is 453 g/mol. The summed E-state index contributed by atoms with van der Waals surface area (Å²) >= 11 is 0. The first kappa shape index (κ1) is 21.9. The van der Waals surface area contributed by atoms with Crippen LogP contribution in [0.4, 0.5) is 9.18 Å². The van der Waals surface area contributed by atoms with Crippen molar-refractivity contribution < 1.29 is 18.7 Å². The zero-order valence-corrected chi connectivity index (χ0v) is 18.5. The van der Waals surface area contributed by atoms with Crippen LogP contribution in [-0.2, 0) is 9.53 Å². The third-order valence-electron chi connectivity index (χ3n) is 6.85. The molecule has 3 fully saturated rings. The summed E-state index contributed by atoms with van der Waals surface area (Å²) in [5, 5.41) is 2.96. The lowest BCUT2D eigenvalue weighted by atomic mass is 9.96. The van der Waals surface area contributed by atoms with E-state index in [9.17, 15) is 14.0 Å². The Bertz CT molecular complexity index is 979. The topological polar surface area (TPSA) is 65.1 Å². The smallest absolute Gasteiger partial charge is 0.320 e. The molecule has 7 nitrogen and oxygen atoms in total. The number of rotatable bonds is 3. The van der Waals surface area contributed by atoms with Gasteiger partial charge >= 0.3 is 6.03 Å². The first-order valence-electron chi connectivity index (χ1n) is 11.6. The van der Waals surface area contributed by atoms with Gasteiger partial charge in [-0.05, 0) is 29.7 Å². The molecule has 174 valence electrons. The van der Waals surface area contributed by atoms with Gasteiger partial charge in [-0.3, -0.25) is 9.69 Å². The van der Waals surface area contributed by atoms with Gasteiger partial charge in [-0.25, -0.2) is 9.18 Å². The van der Waals surface area contributed by atoms with Gasteiger partial charge in [0.25, 0.3) is 0 Å². The fourth-order valence-electron chi connectivity index (χ4n) is 5.14. The van der Waals surface area contributed by atoms with Crippen LogP contribution in [-0.4, -0.2) is 84.7 Å². The number of hydrogen-bond donors (Lipinski definition) is 1. The number of halogens is 1. The number of piperazine rings is 1. The number of ether oxygens (including phenoxy) is 1. The summed E-state index contributed by atoms with van der Waals surface area (Å²) in [4.78, 5) is 31.0. The molecule has 0 aromatic heterocycles. The van der Waals surface area contributed by atoms with Gasteiger partial charge in [0.1, 0.15) is 12.4 Å². The number of hydrogen-bond acceptors (Lipinski definition) is 4. The molecule has 2 aromatic carbocycles. The summed E-state index contributed by atoms with van der Waals surface area (Å²) in [6.07, 6.45) is 0.725. The maximum absolute atomic E-state index is 13.5. The number of morpholine rings is 1. The van der Waals surface area contributed by atoms with E-state index in [1.165, 1.54) is 12.1 Å². The highest BCUT2D eigenvalue weighted by Crippen LogP contribution is 2.30. The van der Waals surface area contributed by atoms with Gasteiger partial charge in [0, 0.05) is 39.3 Å². The highest BCUT2D eigenvalue weighted by molar-refractivity contribution is 5.79. The summed E-state index contributed by atoms with van der Waals surface area (Å²) in [7, 11) is 0. The second-order valence-corrected chi connectivity index (χ2v) is 8.93. The van der Waals surface area contributed by atoms with Crippen LogP contribution in [0.1, 0.15) is 23.6 Å². The molecule has 3 atom stereocenters. The third-order valence-corrected chi connectivity index (χ3v) is 6.85. The monoisotopic (exact) mass is 452 g/mol. The molecule has 1 N–H and O–H groups in total. The minimum absolute atomic E-state index is 0.00839. The van der Waals surface area contributed by atoms with Crippen molar-refractivity contribution in [1.82, 2.24) is 20.0 Å². The summed E-state index contributed by atoms with van der Waals surface area (Å²) in [6.45, 7) is 3.92. The van der Waals surface area contributed by atoms with Crippen molar-refractivity contribution in [3.63, 3.8) is 0 Å². The van der Waals surface area contributed by atoms with Gasteiger partial charge in [0.05, 0.1) is 18.2 Å². The molecule has 1 unspecified atom stereocenters. The van der Waals surface area contributed by atoms with Gasteiger partial charge in [0.15, 0.2) is 0 Å². The van der Waals surface area contributed by atoms with Crippen molar-refractivity contribution in [2.24, 2.45) is 0 Å². The molecule has 8 heteroatoms. The van der Waals surface area contributed by atoms with Crippen LogP contribution in [0.2, 0.25) is 0 Å². The molecular weight excluding hydrogens is 423 g/mol. The van der Waals surface area contributed by atoms with Crippen molar-refractivity contribution in [3.05, 3.63) is 71.5 Å². The number of fused-ring (bicyclic) bond motifs is 1. The quantitative estimate of drug-likeness (QED) is 0.776. The molecular formula is C25H29FN4O3. The summed E-state index contributed by atoms with van der Waals surface area (Å²) < 4.78 is 19.1. The minimum Gasteiger partial charge on any atom is -0.366 e. The Balaban J connectivity index is 1.25. The van der Waals surface area contributed by atoms with Crippen LogP contribution in [0.15, 0.2) is 54.6 Å². The Morgan fingerprint density at radius 3 is 2.36 bits per heavy atom. The summed E-state index contributed by atoms with van der Waals surface area (Å²) in [6, 6.07) is 16.8. The van der Waals surface area contributed by atoms with E-state index in [0.29, 0.717) is 26.2 Å². The highest BCUT2D eigenvalue weighted by Gasteiger charge is 2.38. The van der Waals surface area contributed by atoms with E-state index in [4.69, 9.17) is 4.74 Å². The Morgan fingerprint density at radius 1 is 0.939 bits per heavy atom. The zero-order chi connectivity index (χ0) is 22.8. The largest absolute Gasteiger partial charge is 0.366 e. The van der Waals surface area contributed by atoms with Crippen molar-refractivity contribution in [2.45, 2.75) is 24.6 Å². The second-order valence-electron chi connectivity index (χ2n) is 8.93. The standard InChI is InChI=1S/C25H29FN4O3/c26-20-8-6-19(7-9-20)24(18-4-2-1-3-5-18)28-12-14-29(15-13-28)25(32)30-11-10-22-21(16-30)27-23(31)17-33-22/h1-9,21-22,24H,10-17H2,(H,27,31)/t21-,22+,24?/m1/s1. The van der Waals surface area contributed by atoms with E-state index in [1.807, 2.05) is 40.1 Å². The predicted molar refractivity (Wildman–Crippen MR) is 121 cm³/mol. The maximum Gasteiger partial charge on any atom is 0.320 e. The number of carbonyl (C=O) groups is 2. The highest BCUT2D eigenvalue weighted by atomic mass is 19.1. The molecule has 5 rings (SSSR count). The van der Waals surface area contributed by atoms with Crippen molar-refractivity contribution in [2.75, 3.05) is 45.9 Å². The van der Waals surface area contributed by atoms with E-state index >= 15 is 0 Å². The molecule has 0 saturated carbocycles. The van der Waals surface area contributed by atoms with Gasteiger partial charge in [-0.2, -0.15) is 0 Å². The number of likely N-dealkylation sites (tertiary alicyclic amines) is 1. The van der Waals surface area contributed by atoms with E-state index < -0.39 is 0 Å². The fraction of sp³-hybridized carbons (Fsp3) is 0.440. The molecule has 3 aliphatic rings. The molecule has 33 heavy (non-hydrogen) atoms. The zero-order valence-electron chi connectivity index (χ0n) is 18.5. The van der Waals surface area contributed by atoms with Crippen molar-refractivity contribution >= 4 is 11.9 Å². The van der Waals surface area contributed by atoms with E-state index in [0.717, 1.165) is 30.6 Å². The fourth-order valence-corrected chi connectivity index (χ4v) is 5.14.